The van der Waals surface area contributed by atoms with Gasteiger partial charge in [0, 0.05) is 41.4 Å². The third kappa shape index (κ3) is 5.62. The van der Waals surface area contributed by atoms with E-state index in [1.54, 1.807) is 12.1 Å². The van der Waals surface area contributed by atoms with Gasteiger partial charge in [-0.15, -0.1) is 17.0 Å². The smallest absolute Gasteiger partial charge is 0.269 e. The van der Waals surface area contributed by atoms with Gasteiger partial charge in [-0.1, -0.05) is 18.0 Å². The lowest BCUT2D eigenvalue weighted by Gasteiger charge is -2.25. The standard InChI is InChI=1S/C20H20ClN3O3.BrH/c21-16-7-11-17(12-8-16)23(20-4-2-1-3-13-22-20)14-19(25)15-5-9-18(10-6-15)24(26)27;/h5-12H,1-4,13-14H2;1H. The van der Waals surface area contributed by atoms with Crippen molar-refractivity contribution in [2.24, 2.45) is 4.99 Å². The van der Waals surface area contributed by atoms with Crippen LogP contribution in [-0.4, -0.2) is 29.6 Å². The Labute approximate surface area is 179 Å². The van der Waals surface area contributed by atoms with E-state index in [-0.39, 0.29) is 35.0 Å². The molecule has 0 radical (unpaired) electrons. The molecule has 3 rings (SSSR count). The lowest BCUT2D eigenvalue weighted by atomic mass is 10.1. The SMILES string of the molecule is Br.O=C(CN(C1=NCCCCC1)c1ccc(Cl)cc1)c1ccc([N+](=O)[O-])cc1. The van der Waals surface area contributed by atoms with Gasteiger partial charge in [-0.3, -0.25) is 19.9 Å². The number of nitro benzene ring substituents is 1. The Balaban J connectivity index is 0.00000280. The molecule has 28 heavy (non-hydrogen) atoms. The minimum absolute atomic E-state index is 0. The molecule has 6 nitrogen and oxygen atoms in total. The number of aliphatic imine (C=N–C) groups is 1. The molecule has 0 N–H and O–H groups in total. The normalized spacial score (nSPS) is 13.7. The molecule has 2 aromatic rings. The molecule has 1 heterocycles. The minimum atomic E-state index is -0.478. The number of hydrogen-bond donors (Lipinski definition) is 0. The Morgan fingerprint density at radius 2 is 1.75 bits per heavy atom. The molecule has 0 saturated carbocycles. The lowest BCUT2D eigenvalue weighted by Crippen LogP contribution is -2.36. The topological polar surface area (TPSA) is 75.8 Å². The van der Waals surface area contributed by atoms with Gasteiger partial charge in [0.1, 0.15) is 5.84 Å². The van der Waals surface area contributed by atoms with Crippen molar-refractivity contribution in [3.63, 3.8) is 0 Å². The number of benzene rings is 2. The number of Topliss-reactive ketones (excluding diaryl/α,β-unsaturated/α-hetero) is 1. The van der Waals surface area contributed by atoms with Gasteiger partial charge in [-0.05, 0) is 49.2 Å². The van der Waals surface area contributed by atoms with Crippen LogP contribution in [0.1, 0.15) is 36.0 Å². The second-order valence-electron chi connectivity index (χ2n) is 6.40. The minimum Gasteiger partial charge on any atom is -0.322 e. The molecule has 148 valence electrons. The summed E-state index contributed by atoms with van der Waals surface area (Å²) in [7, 11) is 0. The summed E-state index contributed by atoms with van der Waals surface area (Å²) in [6.07, 6.45) is 4.02. The molecule has 0 spiro atoms. The van der Waals surface area contributed by atoms with Crippen molar-refractivity contribution in [1.82, 2.24) is 0 Å². The first-order valence-electron chi connectivity index (χ1n) is 8.88. The average Bonchev–Trinajstić information content (AvgIpc) is 2.96. The molecule has 0 aromatic heterocycles. The Morgan fingerprint density at radius 1 is 1.07 bits per heavy atom. The number of carbonyl (C=O) groups is 1. The van der Waals surface area contributed by atoms with Crippen molar-refractivity contribution >= 4 is 51.6 Å². The van der Waals surface area contributed by atoms with Gasteiger partial charge in [-0.2, -0.15) is 0 Å². The zero-order valence-corrected chi connectivity index (χ0v) is 17.7. The Bertz CT molecular complexity index is 854. The molecule has 2 aromatic carbocycles. The number of nitrogens with zero attached hydrogens (tertiary/aromatic N) is 3. The van der Waals surface area contributed by atoms with E-state index in [9.17, 15) is 14.9 Å². The third-order valence-electron chi connectivity index (χ3n) is 4.50. The number of anilines is 1. The van der Waals surface area contributed by atoms with Gasteiger partial charge >= 0.3 is 0 Å². The molecule has 0 unspecified atom stereocenters. The monoisotopic (exact) mass is 465 g/mol. The van der Waals surface area contributed by atoms with Crippen LogP contribution in [0.3, 0.4) is 0 Å². The Morgan fingerprint density at radius 3 is 2.39 bits per heavy atom. The summed E-state index contributed by atoms with van der Waals surface area (Å²) in [6.45, 7) is 0.878. The molecule has 0 atom stereocenters. The van der Waals surface area contributed by atoms with Crippen LogP contribution in [0, 0.1) is 10.1 Å². The van der Waals surface area contributed by atoms with Gasteiger partial charge in [0.2, 0.25) is 0 Å². The fourth-order valence-electron chi connectivity index (χ4n) is 3.04. The number of rotatable bonds is 5. The summed E-state index contributed by atoms with van der Waals surface area (Å²) in [5.41, 5.74) is 1.26. The van der Waals surface area contributed by atoms with Crippen molar-refractivity contribution in [3.8, 4) is 0 Å². The van der Waals surface area contributed by atoms with Gasteiger partial charge in [0.25, 0.3) is 5.69 Å². The molecule has 1 aliphatic heterocycles. The van der Waals surface area contributed by atoms with Crippen LogP contribution in [0.2, 0.25) is 5.02 Å². The zero-order chi connectivity index (χ0) is 19.2. The maximum Gasteiger partial charge on any atom is 0.269 e. The first-order chi connectivity index (χ1) is 13.0. The van der Waals surface area contributed by atoms with E-state index in [0.29, 0.717) is 10.6 Å². The predicted octanol–water partition coefficient (Wildman–Crippen LogP) is 5.49. The fraction of sp³-hybridized carbons (Fsp3) is 0.300. The summed E-state index contributed by atoms with van der Waals surface area (Å²) >= 11 is 6.00. The van der Waals surface area contributed by atoms with Crippen molar-refractivity contribution in [1.29, 1.82) is 0 Å². The van der Waals surface area contributed by atoms with Crippen LogP contribution in [0.4, 0.5) is 11.4 Å². The molecule has 0 fully saturated rings. The van der Waals surface area contributed by atoms with Crippen molar-refractivity contribution < 1.29 is 9.72 Å². The van der Waals surface area contributed by atoms with E-state index >= 15 is 0 Å². The zero-order valence-electron chi connectivity index (χ0n) is 15.2. The third-order valence-corrected chi connectivity index (χ3v) is 4.76. The van der Waals surface area contributed by atoms with E-state index in [2.05, 4.69) is 4.99 Å². The molecular formula is C20H21BrClN3O3. The van der Waals surface area contributed by atoms with E-state index in [0.717, 1.165) is 43.8 Å². The second-order valence-corrected chi connectivity index (χ2v) is 6.83. The van der Waals surface area contributed by atoms with Crippen molar-refractivity contribution in [3.05, 3.63) is 69.2 Å². The highest BCUT2D eigenvalue weighted by molar-refractivity contribution is 8.93. The first-order valence-corrected chi connectivity index (χ1v) is 9.26. The fourth-order valence-corrected chi connectivity index (χ4v) is 3.16. The van der Waals surface area contributed by atoms with Crippen molar-refractivity contribution in [2.45, 2.75) is 25.7 Å². The highest BCUT2D eigenvalue weighted by atomic mass is 79.9. The van der Waals surface area contributed by atoms with Gasteiger partial charge in [-0.25, -0.2) is 0 Å². The summed E-state index contributed by atoms with van der Waals surface area (Å²) in [5.74, 6) is 0.775. The molecular weight excluding hydrogens is 446 g/mol. The molecule has 0 amide bonds. The number of amidine groups is 1. The number of carbonyl (C=O) groups excluding carboxylic acids is 1. The van der Waals surface area contributed by atoms with Crippen LogP contribution < -0.4 is 4.90 Å². The molecule has 0 bridgehead atoms. The largest absolute Gasteiger partial charge is 0.322 e. The molecule has 0 saturated heterocycles. The van der Waals surface area contributed by atoms with Gasteiger partial charge in [0.15, 0.2) is 5.78 Å². The van der Waals surface area contributed by atoms with E-state index in [1.165, 1.54) is 24.3 Å². The second kappa shape index (κ2) is 10.3. The quantitative estimate of drug-likeness (QED) is 0.332. The molecule has 0 aliphatic carbocycles. The van der Waals surface area contributed by atoms with Crippen LogP contribution in [0.25, 0.3) is 0 Å². The van der Waals surface area contributed by atoms with E-state index in [4.69, 9.17) is 11.6 Å². The van der Waals surface area contributed by atoms with Crippen LogP contribution in [-0.2, 0) is 0 Å². The summed E-state index contributed by atoms with van der Waals surface area (Å²) in [5, 5.41) is 11.4. The number of ketones is 1. The molecule has 1 aliphatic rings. The van der Waals surface area contributed by atoms with Crippen LogP contribution >= 0.6 is 28.6 Å². The maximum atomic E-state index is 12.8. The van der Waals surface area contributed by atoms with Crippen LogP contribution in [0.5, 0.6) is 0 Å². The summed E-state index contributed by atoms with van der Waals surface area (Å²) < 4.78 is 0. The van der Waals surface area contributed by atoms with Gasteiger partial charge in [0.05, 0.1) is 11.5 Å². The van der Waals surface area contributed by atoms with Gasteiger partial charge < -0.3 is 4.90 Å². The van der Waals surface area contributed by atoms with Crippen LogP contribution in [0.15, 0.2) is 53.5 Å². The predicted molar refractivity (Wildman–Crippen MR) is 117 cm³/mol. The average molecular weight is 467 g/mol. The highest BCUT2D eigenvalue weighted by Crippen LogP contribution is 2.22. The number of hydrogen-bond acceptors (Lipinski definition) is 5. The number of non-ortho nitro benzene ring substituents is 1. The summed E-state index contributed by atoms with van der Waals surface area (Å²) in [4.78, 5) is 29.7. The first kappa shape index (κ1) is 22.0. The van der Waals surface area contributed by atoms with E-state index in [1.807, 2.05) is 17.0 Å². The molecule has 8 heteroatoms. The van der Waals surface area contributed by atoms with Crippen molar-refractivity contribution in [2.75, 3.05) is 18.0 Å². The maximum absolute atomic E-state index is 12.8. The number of nitro groups is 1. The highest BCUT2D eigenvalue weighted by Gasteiger charge is 2.20. The Kier molecular flexibility index (Phi) is 8.14. The Hall–Kier alpha value is -2.25. The lowest BCUT2D eigenvalue weighted by molar-refractivity contribution is -0.384. The number of halogens is 2. The summed E-state index contributed by atoms with van der Waals surface area (Å²) in [6, 6.07) is 13.0. The van der Waals surface area contributed by atoms with E-state index < -0.39 is 4.92 Å².